The van der Waals surface area contributed by atoms with E-state index >= 15 is 0 Å². The van der Waals surface area contributed by atoms with Crippen LogP contribution in [0.3, 0.4) is 0 Å². The molecule has 1 saturated carbocycles. The first-order chi connectivity index (χ1) is 16.3. The average molecular weight is 478 g/mol. The molecule has 3 rings (SSSR count). The molecular weight excluding hydrogens is 438 g/mol. The van der Waals surface area contributed by atoms with Crippen LogP contribution in [0.2, 0.25) is 0 Å². The maximum absolute atomic E-state index is 13.6. The topological polar surface area (TPSA) is 105 Å². The summed E-state index contributed by atoms with van der Waals surface area (Å²) in [6.07, 6.45) is 2.44. The Morgan fingerprint density at radius 2 is 2.03 bits per heavy atom. The van der Waals surface area contributed by atoms with Gasteiger partial charge in [-0.3, -0.25) is 4.79 Å². The molecule has 10 heteroatoms. The fraction of sp³-hybridized carbons (Fsp3) is 0.708. The molecule has 0 radical (unpaired) electrons. The molecule has 2 amide bonds. The lowest BCUT2D eigenvalue weighted by atomic mass is 10.0. The van der Waals surface area contributed by atoms with Crippen molar-refractivity contribution < 1.29 is 23.8 Å². The maximum Gasteiger partial charge on any atom is 0.406 e. The van der Waals surface area contributed by atoms with E-state index in [1.54, 1.807) is 7.11 Å². The summed E-state index contributed by atoms with van der Waals surface area (Å²) in [5.41, 5.74) is 1.84. The number of carbonyl (C=O) groups excluding carboxylic acids is 2. The van der Waals surface area contributed by atoms with Gasteiger partial charge < -0.3 is 34.6 Å². The van der Waals surface area contributed by atoms with Gasteiger partial charge in [-0.15, -0.1) is 0 Å². The summed E-state index contributed by atoms with van der Waals surface area (Å²) < 4.78 is 16.2. The number of nitrogens with zero attached hydrogens (tertiary/aromatic N) is 3. The molecule has 1 aromatic heterocycles. The number of likely N-dealkylation sites (N-methyl/N-ethyl adjacent to an activating group) is 1. The normalized spacial score (nSPS) is 21.1. The summed E-state index contributed by atoms with van der Waals surface area (Å²) in [5.74, 6) is 0.552. The Labute approximate surface area is 202 Å². The van der Waals surface area contributed by atoms with E-state index in [4.69, 9.17) is 9.47 Å². The zero-order valence-electron chi connectivity index (χ0n) is 21.0. The summed E-state index contributed by atoms with van der Waals surface area (Å²) in [4.78, 5) is 33.5. The van der Waals surface area contributed by atoms with Crippen molar-refractivity contribution in [2.45, 2.75) is 56.9 Å². The molecule has 1 aromatic rings. The van der Waals surface area contributed by atoms with Crippen LogP contribution in [0.1, 0.15) is 43.5 Å². The van der Waals surface area contributed by atoms with Crippen molar-refractivity contribution in [3.63, 3.8) is 0 Å². The molecule has 0 spiro atoms. The highest BCUT2D eigenvalue weighted by molar-refractivity contribution is 5.82. The Hall–Kier alpha value is -2.43. The summed E-state index contributed by atoms with van der Waals surface area (Å²) in [6, 6.07) is 4.02. The highest BCUT2D eigenvalue weighted by Gasteiger charge is 2.41. The van der Waals surface area contributed by atoms with E-state index in [1.165, 1.54) is 7.11 Å². The minimum atomic E-state index is -0.491. The monoisotopic (exact) mass is 477 g/mol. The number of hydrogen-bond acceptors (Lipinski definition) is 8. The van der Waals surface area contributed by atoms with E-state index in [0.29, 0.717) is 31.8 Å². The first-order valence-electron chi connectivity index (χ1n) is 12.0. The molecule has 10 nitrogen and oxygen atoms in total. The van der Waals surface area contributed by atoms with Crippen molar-refractivity contribution in [1.29, 1.82) is 0 Å². The third-order valence-electron chi connectivity index (χ3n) is 6.15. The summed E-state index contributed by atoms with van der Waals surface area (Å²) in [5, 5.41) is 6.04. The van der Waals surface area contributed by atoms with Crippen molar-refractivity contribution in [2.75, 3.05) is 54.5 Å². The fourth-order valence-corrected chi connectivity index (χ4v) is 4.32. The summed E-state index contributed by atoms with van der Waals surface area (Å²) in [7, 11) is 6.95. The molecule has 0 aromatic carbocycles. The maximum atomic E-state index is 13.6. The van der Waals surface area contributed by atoms with Crippen LogP contribution in [-0.4, -0.2) is 99.5 Å². The van der Waals surface area contributed by atoms with E-state index in [2.05, 4.69) is 32.2 Å². The number of methoxy groups -OCH3 is 2. The first-order valence-corrected chi connectivity index (χ1v) is 12.0. The quantitative estimate of drug-likeness (QED) is 0.460. The number of aromatic nitrogens is 1. The third kappa shape index (κ3) is 7.28. The van der Waals surface area contributed by atoms with Gasteiger partial charge in [-0.1, -0.05) is 0 Å². The predicted molar refractivity (Wildman–Crippen MR) is 128 cm³/mol. The van der Waals surface area contributed by atoms with Crippen molar-refractivity contribution in [3.8, 4) is 5.88 Å². The first kappa shape index (κ1) is 26.2. The molecule has 2 N–H and O–H groups in total. The molecular formula is C24H39N5O5. The zero-order chi connectivity index (χ0) is 24.7. The van der Waals surface area contributed by atoms with Crippen LogP contribution in [-0.2, 0) is 20.7 Å². The zero-order valence-corrected chi connectivity index (χ0v) is 21.0. The van der Waals surface area contributed by atoms with Crippen LogP contribution >= 0.6 is 0 Å². The minimum absolute atomic E-state index is 0.0136. The molecule has 2 heterocycles. The van der Waals surface area contributed by atoms with E-state index in [0.717, 1.165) is 37.2 Å². The van der Waals surface area contributed by atoms with Gasteiger partial charge in [-0.05, 0) is 58.3 Å². The second-order valence-corrected chi connectivity index (χ2v) is 9.28. The van der Waals surface area contributed by atoms with Gasteiger partial charge >= 0.3 is 6.09 Å². The molecule has 34 heavy (non-hydrogen) atoms. The summed E-state index contributed by atoms with van der Waals surface area (Å²) in [6.45, 7) is 4.59. The lowest BCUT2D eigenvalue weighted by molar-refractivity contribution is -0.154. The number of alkyl carbamates (subject to hydrolysis) is 1. The molecule has 190 valence electrons. The second kappa shape index (κ2) is 12.3. The molecule has 2 aliphatic rings. The number of morpholine rings is 1. The Bertz CT molecular complexity index is 832. The van der Waals surface area contributed by atoms with E-state index in [-0.39, 0.29) is 24.1 Å². The van der Waals surface area contributed by atoms with Crippen LogP contribution in [0.4, 0.5) is 4.79 Å². The Kier molecular flexibility index (Phi) is 9.49. The van der Waals surface area contributed by atoms with Crippen LogP contribution in [0.15, 0.2) is 12.1 Å². The van der Waals surface area contributed by atoms with E-state index < -0.39 is 12.2 Å². The molecule has 2 fully saturated rings. The van der Waals surface area contributed by atoms with Crippen LogP contribution in [0.25, 0.3) is 0 Å². The van der Waals surface area contributed by atoms with Gasteiger partial charge in [0.15, 0.2) is 0 Å². The SMILES string of the molecule is COC(=O)NCCCc1cc([C@H](C)N(C(=O)[C@H]2CNC[C@@H](CN(C)C)O2)C2CC2)cc(OC)n1. The highest BCUT2D eigenvalue weighted by Crippen LogP contribution is 2.36. The van der Waals surface area contributed by atoms with Gasteiger partial charge in [-0.25, -0.2) is 9.78 Å². The molecule has 1 aliphatic carbocycles. The largest absolute Gasteiger partial charge is 0.481 e. The van der Waals surface area contributed by atoms with Crippen molar-refractivity contribution >= 4 is 12.0 Å². The lowest BCUT2D eigenvalue weighted by Crippen LogP contribution is -2.55. The van der Waals surface area contributed by atoms with Crippen LogP contribution in [0, 0.1) is 0 Å². The van der Waals surface area contributed by atoms with E-state index in [9.17, 15) is 9.59 Å². The van der Waals surface area contributed by atoms with Gasteiger partial charge in [0, 0.05) is 44.0 Å². The molecule has 1 aliphatic heterocycles. The molecule has 3 atom stereocenters. The van der Waals surface area contributed by atoms with E-state index in [1.807, 2.05) is 31.1 Å². The molecule has 0 unspecified atom stereocenters. The van der Waals surface area contributed by atoms with Crippen molar-refractivity contribution in [3.05, 3.63) is 23.4 Å². The summed E-state index contributed by atoms with van der Waals surface area (Å²) >= 11 is 0. The fourth-order valence-electron chi connectivity index (χ4n) is 4.32. The van der Waals surface area contributed by atoms with Crippen LogP contribution in [0.5, 0.6) is 5.88 Å². The third-order valence-corrected chi connectivity index (χ3v) is 6.15. The van der Waals surface area contributed by atoms with Gasteiger partial charge in [0.05, 0.1) is 26.4 Å². The van der Waals surface area contributed by atoms with Gasteiger partial charge in [0.2, 0.25) is 5.88 Å². The molecule has 1 saturated heterocycles. The number of ether oxygens (including phenoxy) is 3. The number of hydrogen-bond donors (Lipinski definition) is 2. The van der Waals surface area contributed by atoms with Gasteiger partial charge in [0.25, 0.3) is 5.91 Å². The molecule has 0 bridgehead atoms. The Morgan fingerprint density at radius 3 is 2.68 bits per heavy atom. The van der Waals surface area contributed by atoms with Gasteiger partial charge in [0.1, 0.15) is 6.10 Å². The number of aryl methyl sites for hydroxylation is 1. The minimum Gasteiger partial charge on any atom is -0.481 e. The number of pyridine rings is 1. The lowest BCUT2D eigenvalue weighted by Gasteiger charge is -2.37. The van der Waals surface area contributed by atoms with Crippen LogP contribution < -0.4 is 15.4 Å². The second-order valence-electron chi connectivity index (χ2n) is 9.28. The predicted octanol–water partition coefficient (Wildman–Crippen LogP) is 1.35. The highest BCUT2D eigenvalue weighted by atomic mass is 16.5. The number of carbonyl (C=O) groups is 2. The Morgan fingerprint density at radius 1 is 1.26 bits per heavy atom. The average Bonchev–Trinajstić information content (AvgIpc) is 3.66. The van der Waals surface area contributed by atoms with Crippen molar-refractivity contribution in [2.24, 2.45) is 0 Å². The number of rotatable bonds is 11. The Balaban J connectivity index is 1.71. The number of nitrogens with one attached hydrogen (secondary N) is 2. The van der Waals surface area contributed by atoms with Gasteiger partial charge in [-0.2, -0.15) is 0 Å². The van der Waals surface area contributed by atoms with Crippen molar-refractivity contribution in [1.82, 2.24) is 25.4 Å². The number of amides is 2. The standard InChI is InChI=1S/C24H39N5O5/c1-16(17-11-18(27-22(12-17)32-4)7-6-10-26-24(31)33-5)29(19-8-9-19)23(30)21-14-25-13-20(34-21)15-28(2)3/h11-12,16,19-21,25H,6-10,13-15H2,1-5H3,(H,26,31)/t16-,20-,21+/m0/s1. The smallest absolute Gasteiger partial charge is 0.406 e.